The second kappa shape index (κ2) is 14.3. The van der Waals surface area contributed by atoms with Crippen LogP contribution in [0.15, 0.2) is 47.6 Å². The molecule has 174 valence electrons. The highest BCUT2D eigenvalue weighted by molar-refractivity contribution is 5.83. The van der Waals surface area contributed by atoms with E-state index in [1.54, 1.807) is 6.21 Å². The van der Waals surface area contributed by atoms with Crippen LogP contribution in [0.3, 0.4) is 0 Å². The minimum atomic E-state index is -0.295. The van der Waals surface area contributed by atoms with Gasteiger partial charge >= 0.3 is 0 Å². The third-order valence-electron chi connectivity index (χ3n) is 5.20. The van der Waals surface area contributed by atoms with Crippen molar-refractivity contribution in [3.8, 4) is 11.5 Å². The Kier molecular flexibility index (Phi) is 11.4. The highest BCUT2D eigenvalue weighted by Crippen LogP contribution is 2.27. The summed E-state index contributed by atoms with van der Waals surface area (Å²) in [6.45, 7) is 9.11. The van der Waals surface area contributed by atoms with E-state index in [2.05, 4.69) is 37.4 Å². The topological polar surface area (TPSA) is 59.9 Å². The van der Waals surface area contributed by atoms with Crippen molar-refractivity contribution < 1.29 is 14.3 Å². The molecule has 0 radical (unpaired) electrons. The molecular formula is C27H38N2O3. The van der Waals surface area contributed by atoms with Gasteiger partial charge in [0, 0.05) is 0 Å². The van der Waals surface area contributed by atoms with Crippen LogP contribution in [0.5, 0.6) is 11.5 Å². The summed E-state index contributed by atoms with van der Waals surface area (Å²) >= 11 is 0. The zero-order valence-corrected chi connectivity index (χ0v) is 20.0. The maximum Gasteiger partial charge on any atom is 0.277 e. The summed E-state index contributed by atoms with van der Waals surface area (Å²) in [6, 6.07) is 13.8. The number of benzene rings is 2. The van der Waals surface area contributed by atoms with Crippen LogP contribution in [-0.2, 0) is 4.79 Å². The van der Waals surface area contributed by atoms with E-state index in [4.69, 9.17) is 9.47 Å². The van der Waals surface area contributed by atoms with Gasteiger partial charge < -0.3 is 9.47 Å². The van der Waals surface area contributed by atoms with Gasteiger partial charge in [-0.15, -0.1) is 0 Å². The molecule has 0 heterocycles. The minimum absolute atomic E-state index is 0.0776. The molecule has 0 bridgehead atoms. The quantitative estimate of drug-likeness (QED) is 0.211. The molecule has 0 atom stereocenters. The molecule has 32 heavy (non-hydrogen) atoms. The fourth-order valence-corrected chi connectivity index (χ4v) is 3.32. The predicted molar refractivity (Wildman–Crippen MR) is 132 cm³/mol. The van der Waals surface area contributed by atoms with Gasteiger partial charge in [0.15, 0.2) is 6.61 Å². The van der Waals surface area contributed by atoms with E-state index >= 15 is 0 Å². The summed E-state index contributed by atoms with van der Waals surface area (Å²) in [6.07, 6.45) is 9.12. The maximum absolute atomic E-state index is 12.1. The zero-order chi connectivity index (χ0) is 23.2. The van der Waals surface area contributed by atoms with E-state index in [-0.39, 0.29) is 12.5 Å². The van der Waals surface area contributed by atoms with Gasteiger partial charge in [-0.25, -0.2) is 5.43 Å². The molecule has 5 heteroatoms. The van der Waals surface area contributed by atoms with E-state index in [0.717, 1.165) is 41.2 Å². The van der Waals surface area contributed by atoms with Gasteiger partial charge in [0.25, 0.3) is 5.91 Å². The number of nitrogens with one attached hydrogen (secondary N) is 1. The fraction of sp³-hybridized carbons (Fsp3) is 0.481. The first-order chi connectivity index (χ1) is 15.5. The first kappa shape index (κ1) is 25.4. The SMILES string of the molecule is CCCCCCCCOc1ccc(/C=N/NC(=O)COc2cc(C)ccc2C(C)C)cc1. The van der Waals surface area contributed by atoms with Crippen molar-refractivity contribution in [2.24, 2.45) is 5.10 Å². The summed E-state index contributed by atoms with van der Waals surface area (Å²) in [4.78, 5) is 12.1. The number of ether oxygens (including phenoxy) is 2. The molecule has 0 saturated heterocycles. The molecule has 0 unspecified atom stereocenters. The lowest BCUT2D eigenvalue weighted by atomic mass is 10.0. The monoisotopic (exact) mass is 438 g/mol. The first-order valence-corrected chi connectivity index (χ1v) is 11.8. The first-order valence-electron chi connectivity index (χ1n) is 11.8. The van der Waals surface area contributed by atoms with Gasteiger partial charge in [0.05, 0.1) is 12.8 Å². The number of carbonyl (C=O) groups is 1. The molecule has 0 aliphatic carbocycles. The predicted octanol–water partition coefficient (Wildman–Crippen LogP) is 6.39. The van der Waals surface area contributed by atoms with Gasteiger partial charge in [-0.2, -0.15) is 5.10 Å². The van der Waals surface area contributed by atoms with Crippen molar-refractivity contribution in [2.45, 2.75) is 72.1 Å². The fourth-order valence-electron chi connectivity index (χ4n) is 3.32. The summed E-state index contributed by atoms with van der Waals surface area (Å²) in [5, 5.41) is 4.02. The summed E-state index contributed by atoms with van der Waals surface area (Å²) in [7, 11) is 0. The average molecular weight is 439 g/mol. The minimum Gasteiger partial charge on any atom is -0.494 e. The smallest absolute Gasteiger partial charge is 0.277 e. The molecule has 1 amide bonds. The molecule has 2 aromatic carbocycles. The lowest BCUT2D eigenvalue weighted by Gasteiger charge is -2.14. The molecule has 0 spiro atoms. The van der Waals surface area contributed by atoms with Crippen molar-refractivity contribution in [1.82, 2.24) is 5.43 Å². The van der Waals surface area contributed by atoms with Crippen LogP contribution in [0, 0.1) is 6.92 Å². The number of hydrogen-bond acceptors (Lipinski definition) is 4. The lowest BCUT2D eigenvalue weighted by Crippen LogP contribution is -2.25. The van der Waals surface area contributed by atoms with Gasteiger partial charge in [-0.05, 0) is 66.3 Å². The second-order valence-electron chi connectivity index (χ2n) is 8.46. The Balaban J connectivity index is 1.70. The highest BCUT2D eigenvalue weighted by Gasteiger charge is 2.10. The number of nitrogens with zero attached hydrogens (tertiary/aromatic N) is 1. The van der Waals surface area contributed by atoms with Gasteiger partial charge in [-0.1, -0.05) is 65.0 Å². The Morgan fingerprint density at radius 3 is 2.44 bits per heavy atom. The number of unbranched alkanes of at least 4 members (excludes halogenated alkanes) is 5. The summed E-state index contributed by atoms with van der Waals surface area (Å²) < 4.78 is 11.5. The summed E-state index contributed by atoms with van der Waals surface area (Å²) in [5.74, 6) is 1.63. The maximum atomic E-state index is 12.1. The van der Waals surface area contributed by atoms with Gasteiger partial charge in [0.2, 0.25) is 0 Å². The highest BCUT2D eigenvalue weighted by atomic mass is 16.5. The average Bonchev–Trinajstić information content (AvgIpc) is 2.78. The Morgan fingerprint density at radius 2 is 1.72 bits per heavy atom. The van der Waals surface area contributed by atoms with Crippen molar-refractivity contribution >= 4 is 12.1 Å². The van der Waals surface area contributed by atoms with Crippen molar-refractivity contribution in [3.63, 3.8) is 0 Å². The molecule has 0 aromatic heterocycles. The Bertz CT molecular complexity index is 844. The number of carbonyl (C=O) groups excluding carboxylic acids is 1. The molecule has 0 aliphatic heterocycles. The van der Waals surface area contributed by atoms with Gasteiger partial charge in [0.1, 0.15) is 11.5 Å². The van der Waals surface area contributed by atoms with Crippen LogP contribution in [0.4, 0.5) is 0 Å². The molecule has 0 saturated carbocycles. The van der Waals surface area contributed by atoms with Crippen LogP contribution in [0.2, 0.25) is 0 Å². The molecule has 2 rings (SSSR count). The largest absolute Gasteiger partial charge is 0.494 e. The Morgan fingerprint density at radius 1 is 1.00 bits per heavy atom. The Hall–Kier alpha value is -2.82. The molecule has 0 aliphatic rings. The van der Waals surface area contributed by atoms with E-state index in [9.17, 15) is 4.79 Å². The molecule has 1 N–H and O–H groups in total. The lowest BCUT2D eigenvalue weighted by molar-refractivity contribution is -0.123. The van der Waals surface area contributed by atoms with Crippen LogP contribution in [-0.4, -0.2) is 25.3 Å². The number of rotatable bonds is 14. The van der Waals surface area contributed by atoms with Crippen molar-refractivity contribution in [2.75, 3.05) is 13.2 Å². The van der Waals surface area contributed by atoms with E-state index in [0.29, 0.717) is 5.92 Å². The van der Waals surface area contributed by atoms with Crippen molar-refractivity contribution in [3.05, 3.63) is 59.2 Å². The molecule has 2 aromatic rings. The van der Waals surface area contributed by atoms with Crippen LogP contribution < -0.4 is 14.9 Å². The summed E-state index contributed by atoms with van der Waals surface area (Å²) in [5.41, 5.74) is 5.59. The van der Waals surface area contributed by atoms with E-state index in [1.807, 2.05) is 43.3 Å². The van der Waals surface area contributed by atoms with E-state index in [1.165, 1.54) is 32.1 Å². The molecule has 0 fully saturated rings. The third-order valence-corrected chi connectivity index (χ3v) is 5.20. The van der Waals surface area contributed by atoms with E-state index < -0.39 is 0 Å². The second-order valence-corrected chi connectivity index (χ2v) is 8.46. The van der Waals surface area contributed by atoms with Gasteiger partial charge in [-0.3, -0.25) is 4.79 Å². The normalized spacial score (nSPS) is 11.2. The number of amides is 1. The standard InChI is InChI=1S/C27H38N2O3/c1-5-6-7-8-9-10-17-31-24-14-12-23(13-15-24)19-28-29-27(30)20-32-26-18-22(4)11-16-25(26)21(2)3/h11-16,18-19,21H,5-10,17,20H2,1-4H3,(H,29,30)/b28-19+. The number of aryl methyl sites for hydroxylation is 1. The van der Waals surface area contributed by atoms with Crippen LogP contribution >= 0.6 is 0 Å². The van der Waals surface area contributed by atoms with Crippen LogP contribution in [0.1, 0.15) is 81.9 Å². The third kappa shape index (κ3) is 9.54. The molecule has 5 nitrogen and oxygen atoms in total. The van der Waals surface area contributed by atoms with Crippen LogP contribution in [0.25, 0.3) is 0 Å². The zero-order valence-electron chi connectivity index (χ0n) is 20.0. The molecular weight excluding hydrogens is 400 g/mol. The van der Waals surface area contributed by atoms with Crippen molar-refractivity contribution in [1.29, 1.82) is 0 Å². The Labute approximate surface area is 193 Å². The number of hydrogen-bond donors (Lipinski definition) is 1. The number of hydrazone groups is 1.